The van der Waals surface area contributed by atoms with Crippen molar-refractivity contribution in [2.75, 3.05) is 0 Å². The van der Waals surface area contributed by atoms with Crippen molar-refractivity contribution in [3.05, 3.63) is 24.3 Å². The van der Waals surface area contributed by atoms with Gasteiger partial charge in [0.25, 0.3) is 0 Å². The van der Waals surface area contributed by atoms with Crippen LogP contribution in [0.4, 0.5) is 0 Å². The summed E-state index contributed by atoms with van der Waals surface area (Å²) < 4.78 is 5.18. The molecule has 80 valence electrons. The number of hydrogen-bond acceptors (Lipinski definition) is 2. The van der Waals surface area contributed by atoms with Crippen molar-refractivity contribution >= 4 is 5.97 Å². The minimum atomic E-state index is -0.530. The normalized spacial score (nSPS) is 14.0. The highest BCUT2D eigenvalue weighted by atomic mass is 16.6. The Bertz CT molecular complexity index is 237. The van der Waals surface area contributed by atoms with Crippen molar-refractivity contribution in [3.8, 4) is 0 Å². The summed E-state index contributed by atoms with van der Waals surface area (Å²) in [6, 6.07) is 0. The molecule has 0 saturated carbocycles. The van der Waals surface area contributed by atoms with Crippen LogP contribution in [-0.4, -0.2) is 11.6 Å². The van der Waals surface area contributed by atoms with Crippen molar-refractivity contribution in [1.82, 2.24) is 0 Å². The highest BCUT2D eigenvalue weighted by molar-refractivity contribution is 5.66. The van der Waals surface area contributed by atoms with Crippen LogP contribution >= 0.6 is 0 Å². The first kappa shape index (κ1) is 12.9. The van der Waals surface area contributed by atoms with E-state index in [1.807, 2.05) is 6.92 Å². The molecule has 0 heterocycles. The molecule has 1 atom stereocenters. The Kier molecular flexibility index (Phi) is 5.21. The summed E-state index contributed by atoms with van der Waals surface area (Å²) >= 11 is 0. The maximum absolute atomic E-state index is 10.8. The van der Waals surface area contributed by atoms with Gasteiger partial charge in [0, 0.05) is 6.92 Å². The van der Waals surface area contributed by atoms with Gasteiger partial charge >= 0.3 is 5.97 Å². The lowest BCUT2D eigenvalue weighted by Gasteiger charge is -2.24. The average Bonchev–Trinajstić information content (AvgIpc) is 2.02. The van der Waals surface area contributed by atoms with Crippen LogP contribution in [0.1, 0.15) is 40.5 Å². The molecular weight excluding hydrogens is 176 g/mol. The van der Waals surface area contributed by atoms with E-state index >= 15 is 0 Å². The van der Waals surface area contributed by atoms with E-state index in [-0.39, 0.29) is 5.97 Å². The third-order valence-corrected chi connectivity index (χ3v) is 2.00. The van der Waals surface area contributed by atoms with Crippen molar-refractivity contribution in [1.29, 1.82) is 0 Å². The maximum Gasteiger partial charge on any atom is 0.303 e. The number of hydrogen-bond donors (Lipinski definition) is 0. The predicted molar refractivity (Wildman–Crippen MR) is 59.0 cm³/mol. The van der Waals surface area contributed by atoms with Crippen LogP contribution in [0.2, 0.25) is 0 Å². The molecule has 0 aromatic carbocycles. The summed E-state index contributed by atoms with van der Waals surface area (Å²) in [6.07, 6.45) is 5.50. The Hall–Kier alpha value is -1.05. The minimum absolute atomic E-state index is 0.260. The van der Waals surface area contributed by atoms with Gasteiger partial charge in [-0.05, 0) is 39.7 Å². The number of carbonyl (C=O) groups excluding carboxylic acids is 1. The molecule has 0 rings (SSSR count). The molecule has 0 unspecified atom stereocenters. The molecule has 0 aromatic rings. The van der Waals surface area contributed by atoms with Crippen LogP contribution in [0.3, 0.4) is 0 Å². The van der Waals surface area contributed by atoms with E-state index in [1.165, 1.54) is 12.5 Å². The van der Waals surface area contributed by atoms with E-state index < -0.39 is 5.60 Å². The summed E-state index contributed by atoms with van der Waals surface area (Å²) in [7, 11) is 0. The van der Waals surface area contributed by atoms with Gasteiger partial charge in [0.15, 0.2) is 0 Å². The summed E-state index contributed by atoms with van der Waals surface area (Å²) in [5.74, 6) is -0.260. The molecule has 0 fully saturated rings. The SMILES string of the molecule is C=C[C@@](C)(CCC=C(C)C)OC(C)=O. The van der Waals surface area contributed by atoms with Crippen molar-refractivity contribution in [2.24, 2.45) is 0 Å². The Labute approximate surface area is 86.6 Å². The second-order valence-electron chi connectivity index (χ2n) is 3.93. The summed E-state index contributed by atoms with van der Waals surface area (Å²) in [4.78, 5) is 10.8. The lowest BCUT2D eigenvalue weighted by Crippen LogP contribution is -2.27. The van der Waals surface area contributed by atoms with Crippen molar-refractivity contribution in [3.63, 3.8) is 0 Å². The summed E-state index contributed by atoms with van der Waals surface area (Å²) in [6.45, 7) is 11.1. The molecule has 0 radical (unpaired) electrons. The van der Waals surface area contributed by atoms with E-state index in [0.717, 1.165) is 12.8 Å². The van der Waals surface area contributed by atoms with Crippen molar-refractivity contribution < 1.29 is 9.53 Å². The first-order valence-electron chi connectivity index (χ1n) is 4.86. The molecule has 0 bridgehead atoms. The van der Waals surface area contributed by atoms with Crippen LogP contribution in [0.25, 0.3) is 0 Å². The van der Waals surface area contributed by atoms with Gasteiger partial charge in [0.2, 0.25) is 0 Å². The first-order chi connectivity index (χ1) is 6.39. The van der Waals surface area contributed by atoms with E-state index in [2.05, 4.69) is 26.5 Å². The third-order valence-electron chi connectivity index (χ3n) is 2.00. The standard InChI is InChI=1S/C12H20O2/c1-6-12(5,14-11(4)13)9-7-8-10(2)3/h6,8H,1,7,9H2,2-5H3/t12-/m0/s1. The number of allylic oxidation sites excluding steroid dienone is 2. The molecule has 0 aliphatic rings. The van der Waals surface area contributed by atoms with Gasteiger partial charge in [-0.15, -0.1) is 0 Å². The fourth-order valence-corrected chi connectivity index (χ4v) is 1.17. The quantitative estimate of drug-likeness (QED) is 0.498. The molecule has 0 spiro atoms. The highest BCUT2D eigenvalue weighted by Crippen LogP contribution is 2.19. The summed E-state index contributed by atoms with van der Waals surface area (Å²) in [5.41, 5.74) is 0.747. The van der Waals surface area contributed by atoms with Gasteiger partial charge in [0.05, 0.1) is 0 Å². The van der Waals surface area contributed by atoms with Gasteiger partial charge in [-0.2, -0.15) is 0 Å². The highest BCUT2D eigenvalue weighted by Gasteiger charge is 2.22. The number of rotatable bonds is 5. The molecule has 0 saturated heterocycles. The molecular formula is C12H20O2. The predicted octanol–water partition coefficient (Wildman–Crippen LogP) is 3.24. The van der Waals surface area contributed by atoms with Crippen LogP contribution < -0.4 is 0 Å². The summed E-state index contributed by atoms with van der Waals surface area (Å²) in [5, 5.41) is 0. The lowest BCUT2D eigenvalue weighted by atomic mass is 9.99. The zero-order valence-electron chi connectivity index (χ0n) is 9.59. The molecule has 0 aromatic heterocycles. The van der Waals surface area contributed by atoms with Gasteiger partial charge in [0.1, 0.15) is 5.60 Å². The first-order valence-corrected chi connectivity index (χ1v) is 4.86. The van der Waals surface area contributed by atoms with Crippen LogP contribution in [0.15, 0.2) is 24.3 Å². The zero-order valence-corrected chi connectivity index (χ0v) is 9.59. The van der Waals surface area contributed by atoms with Crippen LogP contribution in [-0.2, 0) is 9.53 Å². The Morgan fingerprint density at radius 3 is 2.36 bits per heavy atom. The second kappa shape index (κ2) is 5.63. The Morgan fingerprint density at radius 1 is 1.43 bits per heavy atom. The molecule has 0 aliphatic heterocycles. The monoisotopic (exact) mass is 196 g/mol. The van der Waals surface area contributed by atoms with Crippen LogP contribution in [0.5, 0.6) is 0 Å². The fraction of sp³-hybridized carbons (Fsp3) is 0.583. The van der Waals surface area contributed by atoms with Gasteiger partial charge in [-0.1, -0.05) is 18.2 Å². The maximum atomic E-state index is 10.8. The molecule has 2 heteroatoms. The minimum Gasteiger partial charge on any atom is -0.455 e. The number of carbonyl (C=O) groups is 1. The molecule has 14 heavy (non-hydrogen) atoms. The largest absolute Gasteiger partial charge is 0.455 e. The van der Waals surface area contributed by atoms with Crippen LogP contribution in [0, 0.1) is 0 Å². The lowest BCUT2D eigenvalue weighted by molar-refractivity contribution is -0.151. The topological polar surface area (TPSA) is 26.3 Å². The number of ether oxygens (including phenoxy) is 1. The Balaban J connectivity index is 4.19. The van der Waals surface area contributed by atoms with E-state index in [4.69, 9.17) is 4.74 Å². The van der Waals surface area contributed by atoms with Crippen molar-refractivity contribution in [2.45, 2.75) is 46.1 Å². The zero-order chi connectivity index (χ0) is 11.2. The molecule has 0 amide bonds. The van der Waals surface area contributed by atoms with Gasteiger partial charge < -0.3 is 4.74 Å². The molecule has 0 aliphatic carbocycles. The smallest absolute Gasteiger partial charge is 0.303 e. The molecule has 0 N–H and O–H groups in total. The van der Waals surface area contributed by atoms with Gasteiger partial charge in [-0.25, -0.2) is 0 Å². The molecule has 2 nitrogen and oxygen atoms in total. The van der Waals surface area contributed by atoms with E-state index in [9.17, 15) is 4.79 Å². The Morgan fingerprint density at radius 2 is 2.00 bits per heavy atom. The van der Waals surface area contributed by atoms with E-state index in [1.54, 1.807) is 6.08 Å². The average molecular weight is 196 g/mol. The second-order valence-corrected chi connectivity index (χ2v) is 3.93. The third kappa shape index (κ3) is 5.57. The fourth-order valence-electron chi connectivity index (χ4n) is 1.17. The number of esters is 1. The van der Waals surface area contributed by atoms with E-state index in [0.29, 0.717) is 0 Å². The van der Waals surface area contributed by atoms with Gasteiger partial charge in [-0.3, -0.25) is 4.79 Å².